The van der Waals surface area contributed by atoms with Crippen molar-refractivity contribution in [2.45, 2.75) is 18.2 Å². The summed E-state index contributed by atoms with van der Waals surface area (Å²) in [5.74, 6) is -0.345. The van der Waals surface area contributed by atoms with Crippen molar-refractivity contribution in [2.75, 3.05) is 57.2 Å². The van der Waals surface area contributed by atoms with Gasteiger partial charge in [0.1, 0.15) is 6.54 Å². The van der Waals surface area contributed by atoms with Crippen molar-refractivity contribution in [3.05, 3.63) is 59.1 Å². The van der Waals surface area contributed by atoms with Crippen LogP contribution in [0.4, 0.5) is 5.69 Å². The van der Waals surface area contributed by atoms with Crippen LogP contribution in [0.25, 0.3) is 0 Å². The van der Waals surface area contributed by atoms with E-state index in [2.05, 4.69) is 22.2 Å². The zero-order valence-electron chi connectivity index (χ0n) is 18.6. The maximum Gasteiger partial charge on any atom is 0.264 e. The van der Waals surface area contributed by atoms with Gasteiger partial charge in [-0.15, -0.1) is 0 Å². The number of hydrogen-bond donors (Lipinski definition) is 1. The number of nitrogens with one attached hydrogen (secondary N) is 1. The molecule has 0 spiro atoms. The minimum absolute atomic E-state index is 0.127. The van der Waals surface area contributed by atoms with Gasteiger partial charge in [-0.25, -0.2) is 8.42 Å². The van der Waals surface area contributed by atoms with E-state index in [-0.39, 0.29) is 17.3 Å². The molecule has 0 unspecified atom stereocenters. The SMILES string of the molecule is Cc1ccc(Cl)cc1N(CC(=O)NCCCN1CCN(C)CC1)S(=O)(=O)c1ccccc1. The third kappa shape index (κ3) is 6.45. The first-order chi connectivity index (χ1) is 15.3. The van der Waals surface area contributed by atoms with Gasteiger partial charge in [-0.3, -0.25) is 9.10 Å². The summed E-state index contributed by atoms with van der Waals surface area (Å²) in [6, 6.07) is 13.2. The van der Waals surface area contributed by atoms with Crippen molar-refractivity contribution in [2.24, 2.45) is 0 Å². The number of piperazine rings is 1. The molecule has 7 nitrogen and oxygen atoms in total. The number of likely N-dealkylation sites (N-methyl/N-ethyl adjacent to an activating group) is 1. The number of anilines is 1. The Hall–Kier alpha value is -2.13. The quantitative estimate of drug-likeness (QED) is 0.561. The summed E-state index contributed by atoms with van der Waals surface area (Å²) in [5.41, 5.74) is 1.12. The first-order valence-electron chi connectivity index (χ1n) is 10.8. The van der Waals surface area contributed by atoms with E-state index in [0.717, 1.165) is 49.0 Å². The lowest BCUT2D eigenvalue weighted by atomic mass is 10.2. The fourth-order valence-corrected chi connectivity index (χ4v) is 5.32. The van der Waals surface area contributed by atoms with Gasteiger partial charge in [-0.1, -0.05) is 35.9 Å². The van der Waals surface area contributed by atoms with Crippen LogP contribution in [0.2, 0.25) is 5.02 Å². The summed E-state index contributed by atoms with van der Waals surface area (Å²) in [6.07, 6.45) is 0.817. The number of nitrogens with zero attached hydrogens (tertiary/aromatic N) is 3. The lowest BCUT2D eigenvalue weighted by Gasteiger charge is -2.32. The van der Waals surface area contributed by atoms with Crippen LogP contribution in [-0.4, -0.2) is 77.0 Å². The molecule has 1 aliphatic heterocycles. The summed E-state index contributed by atoms with van der Waals surface area (Å²) in [6.45, 7) is 7.06. The van der Waals surface area contributed by atoms with E-state index in [0.29, 0.717) is 17.3 Å². The third-order valence-electron chi connectivity index (χ3n) is 5.63. The number of amides is 1. The van der Waals surface area contributed by atoms with Crippen LogP contribution in [0.15, 0.2) is 53.4 Å². The lowest BCUT2D eigenvalue weighted by molar-refractivity contribution is -0.119. The smallest absolute Gasteiger partial charge is 0.264 e. The maximum atomic E-state index is 13.4. The Labute approximate surface area is 196 Å². The largest absolute Gasteiger partial charge is 0.354 e. The molecule has 1 N–H and O–H groups in total. The van der Waals surface area contributed by atoms with Crippen LogP contribution in [0.3, 0.4) is 0 Å². The van der Waals surface area contributed by atoms with Gasteiger partial charge in [-0.2, -0.15) is 0 Å². The second-order valence-electron chi connectivity index (χ2n) is 8.10. The predicted molar refractivity (Wildman–Crippen MR) is 129 cm³/mol. The summed E-state index contributed by atoms with van der Waals surface area (Å²) in [5, 5.41) is 3.28. The second-order valence-corrected chi connectivity index (χ2v) is 10.4. The molecule has 0 atom stereocenters. The Bertz CT molecular complexity index is 1010. The normalized spacial score (nSPS) is 15.5. The van der Waals surface area contributed by atoms with Crippen LogP contribution in [0, 0.1) is 6.92 Å². The molecule has 174 valence electrons. The Balaban J connectivity index is 1.67. The second kappa shape index (κ2) is 11.1. The van der Waals surface area contributed by atoms with Crippen LogP contribution in [0.5, 0.6) is 0 Å². The van der Waals surface area contributed by atoms with Gasteiger partial charge in [0.05, 0.1) is 10.6 Å². The number of rotatable bonds is 9. The molecule has 1 heterocycles. The number of halogens is 1. The molecule has 1 fully saturated rings. The Morgan fingerprint density at radius 3 is 2.47 bits per heavy atom. The molecule has 32 heavy (non-hydrogen) atoms. The average Bonchev–Trinajstić information content (AvgIpc) is 2.78. The van der Waals surface area contributed by atoms with Gasteiger partial charge < -0.3 is 15.1 Å². The van der Waals surface area contributed by atoms with E-state index >= 15 is 0 Å². The van der Waals surface area contributed by atoms with Gasteiger partial charge in [-0.05, 0) is 56.8 Å². The molecule has 0 aliphatic carbocycles. The van der Waals surface area contributed by atoms with Crippen molar-refractivity contribution in [1.29, 1.82) is 0 Å². The summed E-state index contributed by atoms with van der Waals surface area (Å²) in [4.78, 5) is 17.5. The summed E-state index contributed by atoms with van der Waals surface area (Å²) >= 11 is 6.15. The highest BCUT2D eigenvalue weighted by Crippen LogP contribution is 2.29. The molecule has 0 bridgehead atoms. The highest BCUT2D eigenvalue weighted by atomic mass is 35.5. The fourth-order valence-electron chi connectivity index (χ4n) is 3.66. The molecular weight excluding hydrogens is 448 g/mol. The standard InChI is InChI=1S/C23H31ClN4O3S/c1-19-9-10-20(24)17-22(19)28(32(30,31)21-7-4-3-5-8-21)18-23(29)25-11-6-12-27-15-13-26(2)14-16-27/h3-5,7-10,17H,6,11-16,18H2,1-2H3,(H,25,29). The number of carbonyl (C=O) groups is 1. The van der Waals surface area contributed by atoms with Gasteiger partial charge in [0.25, 0.3) is 10.0 Å². The molecule has 1 saturated heterocycles. The molecule has 1 amide bonds. The molecule has 1 aliphatic rings. The van der Waals surface area contributed by atoms with Crippen molar-refractivity contribution in [1.82, 2.24) is 15.1 Å². The van der Waals surface area contributed by atoms with E-state index in [1.54, 1.807) is 43.3 Å². The van der Waals surface area contributed by atoms with Gasteiger partial charge in [0, 0.05) is 37.7 Å². The Morgan fingerprint density at radius 2 is 1.78 bits per heavy atom. The van der Waals surface area contributed by atoms with Gasteiger partial charge in [0.15, 0.2) is 0 Å². The number of carbonyl (C=O) groups excluding carboxylic acids is 1. The van der Waals surface area contributed by atoms with Crippen molar-refractivity contribution in [3.8, 4) is 0 Å². The van der Waals surface area contributed by atoms with Crippen LogP contribution in [0.1, 0.15) is 12.0 Å². The molecule has 3 rings (SSSR count). The first-order valence-corrected chi connectivity index (χ1v) is 12.6. The Morgan fingerprint density at radius 1 is 1.09 bits per heavy atom. The van der Waals surface area contributed by atoms with Crippen LogP contribution in [-0.2, 0) is 14.8 Å². The zero-order valence-corrected chi connectivity index (χ0v) is 20.2. The number of sulfonamides is 1. The zero-order chi connectivity index (χ0) is 23.1. The van der Waals surface area contributed by atoms with E-state index in [1.165, 1.54) is 12.1 Å². The minimum Gasteiger partial charge on any atom is -0.354 e. The highest BCUT2D eigenvalue weighted by Gasteiger charge is 2.28. The molecule has 9 heteroatoms. The monoisotopic (exact) mass is 478 g/mol. The number of aryl methyl sites for hydroxylation is 1. The van der Waals surface area contributed by atoms with Crippen LogP contribution >= 0.6 is 11.6 Å². The van der Waals surface area contributed by atoms with E-state index in [9.17, 15) is 13.2 Å². The van der Waals surface area contributed by atoms with Gasteiger partial charge in [0.2, 0.25) is 5.91 Å². The summed E-state index contributed by atoms with van der Waals surface area (Å²) < 4.78 is 27.9. The maximum absolute atomic E-state index is 13.4. The van der Waals surface area contributed by atoms with Crippen LogP contribution < -0.4 is 9.62 Å². The predicted octanol–water partition coefficient (Wildman–Crippen LogP) is 2.60. The molecule has 0 aromatic heterocycles. The highest BCUT2D eigenvalue weighted by molar-refractivity contribution is 7.92. The number of benzene rings is 2. The molecule has 0 radical (unpaired) electrons. The van der Waals surface area contributed by atoms with E-state index < -0.39 is 10.0 Å². The summed E-state index contributed by atoms with van der Waals surface area (Å²) in [7, 11) is -1.82. The third-order valence-corrected chi connectivity index (χ3v) is 7.64. The fraction of sp³-hybridized carbons (Fsp3) is 0.435. The average molecular weight is 479 g/mol. The molecule has 2 aromatic rings. The lowest BCUT2D eigenvalue weighted by Crippen LogP contribution is -2.45. The van der Waals surface area contributed by atoms with Crippen molar-refractivity contribution in [3.63, 3.8) is 0 Å². The minimum atomic E-state index is -3.94. The topological polar surface area (TPSA) is 73.0 Å². The van der Waals surface area contributed by atoms with Gasteiger partial charge >= 0.3 is 0 Å². The number of hydrogen-bond acceptors (Lipinski definition) is 5. The molecule has 0 saturated carbocycles. The molecular formula is C23H31ClN4O3S. The Kier molecular flexibility index (Phi) is 8.53. The molecule has 2 aromatic carbocycles. The van der Waals surface area contributed by atoms with E-state index in [4.69, 9.17) is 11.6 Å². The van der Waals surface area contributed by atoms with E-state index in [1.807, 2.05) is 0 Å². The van der Waals surface area contributed by atoms with Crippen molar-refractivity contribution >= 4 is 33.2 Å². The first kappa shape index (κ1) is 24.5. The van der Waals surface area contributed by atoms with Crippen molar-refractivity contribution < 1.29 is 13.2 Å².